The summed E-state index contributed by atoms with van der Waals surface area (Å²) >= 11 is 0. The highest BCUT2D eigenvalue weighted by Crippen LogP contribution is 2.41. The van der Waals surface area contributed by atoms with Gasteiger partial charge < -0.3 is 0 Å². The molecule has 0 heterocycles. The minimum absolute atomic E-state index is 0.370. The van der Waals surface area contributed by atoms with Gasteiger partial charge in [-0.25, -0.2) is 0 Å². The van der Waals surface area contributed by atoms with Crippen LogP contribution in [0.25, 0.3) is 0 Å². The number of hydrogen-bond acceptors (Lipinski definition) is 1. The Balaban J connectivity index is 2.24. The maximum atomic E-state index is 11.1. The summed E-state index contributed by atoms with van der Waals surface area (Å²) in [6.07, 6.45) is 6.23. The lowest BCUT2D eigenvalue weighted by Crippen LogP contribution is -2.11. The van der Waals surface area contributed by atoms with E-state index in [0.29, 0.717) is 17.6 Å². The van der Waals surface area contributed by atoms with E-state index in [9.17, 15) is 4.79 Å². The molecule has 0 radical (unpaired) electrons. The van der Waals surface area contributed by atoms with Crippen molar-refractivity contribution in [1.29, 1.82) is 0 Å². The fraction of sp³-hybridized carbons (Fsp3) is 0.667. The summed E-state index contributed by atoms with van der Waals surface area (Å²) < 4.78 is 0. The van der Waals surface area contributed by atoms with Gasteiger partial charge in [-0.1, -0.05) is 13.0 Å². The highest BCUT2D eigenvalue weighted by atomic mass is 16.1. The molecule has 0 aromatic rings. The molecule has 0 aliphatic heterocycles. The van der Waals surface area contributed by atoms with Crippen LogP contribution in [0.3, 0.4) is 0 Å². The summed E-state index contributed by atoms with van der Waals surface area (Å²) in [7, 11) is 0. The van der Waals surface area contributed by atoms with E-state index in [1.807, 2.05) is 0 Å². The van der Waals surface area contributed by atoms with Gasteiger partial charge in [-0.3, -0.25) is 4.79 Å². The van der Waals surface area contributed by atoms with Crippen molar-refractivity contribution in [2.45, 2.75) is 19.8 Å². The Morgan fingerprint density at radius 2 is 2.30 bits per heavy atom. The fourth-order valence-corrected chi connectivity index (χ4v) is 2.21. The van der Waals surface area contributed by atoms with Crippen molar-refractivity contribution in [3.8, 4) is 0 Å². The van der Waals surface area contributed by atoms with Gasteiger partial charge in [0.15, 0.2) is 5.78 Å². The lowest BCUT2D eigenvalue weighted by atomic mass is 9.94. The van der Waals surface area contributed by atoms with Crippen molar-refractivity contribution in [3.63, 3.8) is 0 Å². The van der Waals surface area contributed by atoms with Gasteiger partial charge >= 0.3 is 0 Å². The average Bonchev–Trinajstić information content (AvgIpc) is 2.41. The molecule has 10 heavy (non-hydrogen) atoms. The van der Waals surface area contributed by atoms with Crippen molar-refractivity contribution < 1.29 is 4.79 Å². The quantitative estimate of drug-likeness (QED) is 0.496. The molecule has 0 bridgehead atoms. The van der Waals surface area contributed by atoms with Crippen molar-refractivity contribution in [2.75, 3.05) is 0 Å². The molecule has 2 aliphatic rings. The first-order chi connectivity index (χ1) is 4.79. The first-order valence-corrected chi connectivity index (χ1v) is 4.01. The molecule has 0 amide bonds. The molecule has 0 aromatic heterocycles. The zero-order chi connectivity index (χ0) is 7.14. The van der Waals surface area contributed by atoms with E-state index in [4.69, 9.17) is 0 Å². The standard InChI is InChI=1S/C9H12O/c1-6-2-3-8-7(6)4-5-9(8)10/h4-8H,2-3H2,1H3/t6-,7+,8-/m0/s1. The summed E-state index contributed by atoms with van der Waals surface area (Å²) in [6.45, 7) is 2.24. The van der Waals surface area contributed by atoms with Gasteiger partial charge in [-0.05, 0) is 30.8 Å². The lowest BCUT2D eigenvalue weighted by molar-refractivity contribution is -0.117. The van der Waals surface area contributed by atoms with E-state index < -0.39 is 0 Å². The Morgan fingerprint density at radius 1 is 1.50 bits per heavy atom. The van der Waals surface area contributed by atoms with E-state index in [0.717, 1.165) is 12.3 Å². The molecule has 0 spiro atoms. The topological polar surface area (TPSA) is 17.1 Å². The normalized spacial score (nSPS) is 44.5. The Labute approximate surface area is 61.1 Å². The SMILES string of the molecule is C[C@H]1CC[C@@H]2C(=O)C=C[C@@H]21. The van der Waals surface area contributed by atoms with Crippen LogP contribution in [0.4, 0.5) is 0 Å². The molecule has 0 saturated heterocycles. The van der Waals surface area contributed by atoms with E-state index in [-0.39, 0.29) is 0 Å². The molecular formula is C9H12O. The number of hydrogen-bond donors (Lipinski definition) is 0. The molecule has 0 N–H and O–H groups in total. The predicted molar refractivity (Wildman–Crippen MR) is 39.5 cm³/mol. The largest absolute Gasteiger partial charge is 0.295 e. The van der Waals surface area contributed by atoms with Crippen LogP contribution in [-0.4, -0.2) is 5.78 Å². The third kappa shape index (κ3) is 0.664. The monoisotopic (exact) mass is 136 g/mol. The molecule has 1 saturated carbocycles. The second-order valence-electron chi connectivity index (χ2n) is 3.50. The molecule has 2 rings (SSSR count). The lowest BCUT2D eigenvalue weighted by Gasteiger charge is -2.09. The first kappa shape index (κ1) is 6.14. The Hall–Kier alpha value is -0.590. The van der Waals surface area contributed by atoms with Crippen LogP contribution in [0.2, 0.25) is 0 Å². The van der Waals surface area contributed by atoms with Crippen LogP contribution in [-0.2, 0) is 4.79 Å². The second-order valence-corrected chi connectivity index (χ2v) is 3.50. The van der Waals surface area contributed by atoms with Gasteiger partial charge in [-0.2, -0.15) is 0 Å². The van der Waals surface area contributed by atoms with Crippen LogP contribution in [0.5, 0.6) is 0 Å². The zero-order valence-electron chi connectivity index (χ0n) is 6.21. The van der Waals surface area contributed by atoms with Gasteiger partial charge in [0.1, 0.15) is 0 Å². The van der Waals surface area contributed by atoms with Crippen molar-refractivity contribution in [2.24, 2.45) is 17.8 Å². The number of carbonyl (C=O) groups excluding carboxylic acids is 1. The molecule has 0 unspecified atom stereocenters. The van der Waals surface area contributed by atoms with Crippen molar-refractivity contribution >= 4 is 5.78 Å². The summed E-state index contributed by atoms with van der Waals surface area (Å²) in [6, 6.07) is 0. The first-order valence-electron chi connectivity index (χ1n) is 4.01. The predicted octanol–water partition coefficient (Wildman–Crippen LogP) is 1.79. The van der Waals surface area contributed by atoms with E-state index in [1.165, 1.54) is 6.42 Å². The minimum atomic E-state index is 0.370. The Bertz CT molecular complexity index is 193. The fourth-order valence-electron chi connectivity index (χ4n) is 2.21. The maximum Gasteiger partial charge on any atom is 0.159 e. The highest BCUT2D eigenvalue weighted by Gasteiger charge is 2.38. The number of rotatable bonds is 0. The molecule has 1 nitrogen and oxygen atoms in total. The highest BCUT2D eigenvalue weighted by molar-refractivity contribution is 5.94. The van der Waals surface area contributed by atoms with Crippen LogP contribution in [0, 0.1) is 17.8 Å². The van der Waals surface area contributed by atoms with Crippen LogP contribution < -0.4 is 0 Å². The molecular weight excluding hydrogens is 124 g/mol. The summed E-state index contributed by atoms with van der Waals surface area (Å²) in [5.41, 5.74) is 0. The van der Waals surface area contributed by atoms with Gasteiger partial charge in [0.05, 0.1) is 0 Å². The third-order valence-electron chi connectivity index (χ3n) is 2.90. The van der Waals surface area contributed by atoms with Crippen molar-refractivity contribution in [3.05, 3.63) is 12.2 Å². The van der Waals surface area contributed by atoms with Gasteiger partial charge in [0, 0.05) is 5.92 Å². The summed E-state index contributed by atoms with van der Waals surface area (Å²) in [5.74, 6) is 2.07. The van der Waals surface area contributed by atoms with E-state index in [1.54, 1.807) is 6.08 Å². The summed E-state index contributed by atoms with van der Waals surface area (Å²) in [5, 5.41) is 0. The molecule has 2 aliphatic carbocycles. The number of carbonyl (C=O) groups is 1. The Morgan fingerprint density at radius 3 is 3.00 bits per heavy atom. The van der Waals surface area contributed by atoms with Crippen LogP contribution in [0.15, 0.2) is 12.2 Å². The van der Waals surface area contributed by atoms with Gasteiger partial charge in [0.25, 0.3) is 0 Å². The zero-order valence-corrected chi connectivity index (χ0v) is 6.21. The number of ketones is 1. The second kappa shape index (κ2) is 1.94. The minimum Gasteiger partial charge on any atom is -0.295 e. The Kier molecular flexibility index (Phi) is 1.19. The number of fused-ring (bicyclic) bond motifs is 1. The summed E-state index contributed by atoms with van der Waals surface area (Å²) in [4.78, 5) is 11.1. The van der Waals surface area contributed by atoms with E-state index >= 15 is 0 Å². The van der Waals surface area contributed by atoms with Crippen molar-refractivity contribution in [1.82, 2.24) is 0 Å². The smallest absolute Gasteiger partial charge is 0.159 e. The van der Waals surface area contributed by atoms with Gasteiger partial charge in [-0.15, -0.1) is 0 Å². The molecule has 3 atom stereocenters. The maximum absolute atomic E-state index is 11.1. The van der Waals surface area contributed by atoms with E-state index in [2.05, 4.69) is 13.0 Å². The third-order valence-corrected chi connectivity index (χ3v) is 2.90. The molecule has 0 aromatic carbocycles. The van der Waals surface area contributed by atoms with Gasteiger partial charge in [0.2, 0.25) is 0 Å². The number of allylic oxidation sites excluding steroid dienone is 2. The molecule has 1 heteroatoms. The molecule has 1 fully saturated rings. The average molecular weight is 136 g/mol. The van der Waals surface area contributed by atoms with Crippen LogP contribution >= 0.6 is 0 Å². The molecule has 54 valence electrons. The van der Waals surface area contributed by atoms with Crippen LogP contribution in [0.1, 0.15) is 19.8 Å².